The second kappa shape index (κ2) is 8.05. The van der Waals surface area contributed by atoms with Crippen molar-refractivity contribution in [3.63, 3.8) is 0 Å². The van der Waals surface area contributed by atoms with Gasteiger partial charge < -0.3 is 15.2 Å². The molecule has 1 heterocycles. The van der Waals surface area contributed by atoms with E-state index in [4.69, 9.17) is 9.84 Å². The Morgan fingerprint density at radius 2 is 2.07 bits per heavy atom. The van der Waals surface area contributed by atoms with E-state index in [-0.39, 0.29) is 5.91 Å². The van der Waals surface area contributed by atoms with Crippen molar-refractivity contribution in [2.24, 2.45) is 4.99 Å². The highest BCUT2D eigenvalue weighted by molar-refractivity contribution is 8.18. The third kappa shape index (κ3) is 4.73. The van der Waals surface area contributed by atoms with Crippen molar-refractivity contribution in [2.45, 2.75) is 13.0 Å². The fourth-order valence-electron chi connectivity index (χ4n) is 2.23. The van der Waals surface area contributed by atoms with Crippen LogP contribution in [0.25, 0.3) is 6.08 Å². The molecule has 3 rings (SSSR count). The molecule has 138 valence electrons. The number of carbonyl (C=O) groups excluding carboxylic acids is 1. The molecular weight excluding hydrogens is 371 g/mol. The van der Waals surface area contributed by atoms with Gasteiger partial charge in [0.15, 0.2) is 11.3 Å². The van der Waals surface area contributed by atoms with Gasteiger partial charge in [-0.1, -0.05) is 24.3 Å². The van der Waals surface area contributed by atoms with Gasteiger partial charge in [0.05, 0.1) is 10.6 Å². The lowest BCUT2D eigenvalue weighted by atomic mass is 10.2. The summed E-state index contributed by atoms with van der Waals surface area (Å²) in [5.41, 5.74) is 0.952. The molecule has 1 unspecified atom stereocenters. The van der Waals surface area contributed by atoms with E-state index in [1.54, 1.807) is 36.4 Å². The third-order valence-electron chi connectivity index (χ3n) is 3.55. The number of amides is 1. The number of aliphatic carboxylic acids is 1. The quantitative estimate of drug-likeness (QED) is 0.767. The van der Waals surface area contributed by atoms with Crippen LogP contribution in [0.1, 0.15) is 12.5 Å². The first-order valence-corrected chi connectivity index (χ1v) is 8.77. The first-order valence-electron chi connectivity index (χ1n) is 7.96. The number of aliphatic imine (C=N–C) groups is 1. The molecule has 1 amide bonds. The molecule has 0 aromatic heterocycles. The number of nitrogens with one attached hydrogen (secondary N) is 1. The van der Waals surface area contributed by atoms with Gasteiger partial charge in [-0.15, -0.1) is 0 Å². The lowest BCUT2D eigenvalue weighted by Gasteiger charge is -2.12. The lowest BCUT2D eigenvalue weighted by Crippen LogP contribution is -2.23. The minimum atomic E-state index is -1.09. The van der Waals surface area contributed by atoms with Crippen molar-refractivity contribution >= 4 is 40.6 Å². The number of hydrogen-bond acceptors (Lipinski definition) is 5. The number of halogens is 1. The molecule has 0 saturated carbocycles. The van der Waals surface area contributed by atoms with Crippen LogP contribution in [0.3, 0.4) is 0 Å². The first-order chi connectivity index (χ1) is 12.9. The van der Waals surface area contributed by atoms with Gasteiger partial charge in [-0.05, 0) is 49.0 Å². The van der Waals surface area contributed by atoms with E-state index < -0.39 is 17.9 Å². The molecule has 0 bridgehead atoms. The number of carboxylic acids is 1. The standard InChI is InChI=1S/C19H15FN2O4S/c1-11(18(24)25)26-15-8-3-2-5-12(15)9-16-17(23)22-19(27-16)21-14-7-4-6-13(20)10-14/h2-11H,1H3,(H,24,25)(H,21,22,23)/b16-9+. The summed E-state index contributed by atoms with van der Waals surface area (Å²) in [6.45, 7) is 1.42. The summed E-state index contributed by atoms with van der Waals surface area (Å²) in [5.74, 6) is -1.50. The zero-order chi connectivity index (χ0) is 19.4. The van der Waals surface area contributed by atoms with Crippen LogP contribution in [-0.2, 0) is 9.59 Å². The summed E-state index contributed by atoms with van der Waals surface area (Å²) in [5, 5.41) is 12.0. The summed E-state index contributed by atoms with van der Waals surface area (Å²) in [6.07, 6.45) is 0.567. The highest BCUT2D eigenvalue weighted by atomic mass is 32.2. The van der Waals surface area contributed by atoms with Crippen molar-refractivity contribution in [3.8, 4) is 5.75 Å². The third-order valence-corrected chi connectivity index (χ3v) is 4.46. The number of thioether (sulfide) groups is 1. The van der Waals surface area contributed by atoms with Crippen LogP contribution >= 0.6 is 11.8 Å². The number of hydrogen-bond donors (Lipinski definition) is 2. The highest BCUT2D eigenvalue weighted by Crippen LogP contribution is 2.31. The Labute approximate surface area is 158 Å². The van der Waals surface area contributed by atoms with Crippen LogP contribution in [0.2, 0.25) is 0 Å². The van der Waals surface area contributed by atoms with Crippen LogP contribution in [-0.4, -0.2) is 28.3 Å². The largest absolute Gasteiger partial charge is 0.479 e. The number of benzene rings is 2. The molecule has 1 fully saturated rings. The fourth-order valence-corrected chi connectivity index (χ4v) is 3.07. The Morgan fingerprint density at radius 3 is 2.81 bits per heavy atom. The Kier molecular flexibility index (Phi) is 5.56. The van der Waals surface area contributed by atoms with Crippen molar-refractivity contribution in [1.29, 1.82) is 0 Å². The molecule has 0 spiro atoms. The van der Waals surface area contributed by atoms with Crippen LogP contribution < -0.4 is 10.1 Å². The molecule has 1 saturated heterocycles. The predicted octanol–water partition coefficient (Wildman–Crippen LogP) is 3.57. The second-order valence-corrected chi connectivity index (χ2v) is 6.63. The highest BCUT2D eigenvalue weighted by Gasteiger charge is 2.24. The summed E-state index contributed by atoms with van der Waals surface area (Å²) in [6, 6.07) is 12.5. The number of ether oxygens (including phenoxy) is 1. The van der Waals surface area contributed by atoms with Gasteiger partial charge in [-0.25, -0.2) is 14.2 Å². The van der Waals surface area contributed by atoms with Crippen molar-refractivity contribution in [3.05, 3.63) is 64.8 Å². The smallest absolute Gasteiger partial charge is 0.344 e. The number of carboxylic acid groups (broad SMARTS) is 1. The summed E-state index contributed by atoms with van der Waals surface area (Å²) in [4.78, 5) is 27.8. The molecule has 2 aromatic carbocycles. The molecular formula is C19H15FN2O4S. The van der Waals surface area contributed by atoms with Gasteiger partial charge in [0.2, 0.25) is 0 Å². The SMILES string of the molecule is CC(Oc1ccccc1/C=C1/SC(=Nc2cccc(F)c2)NC1=O)C(=O)O. The molecule has 2 aromatic rings. The number of carbonyl (C=O) groups is 2. The Bertz CT molecular complexity index is 958. The van der Waals surface area contributed by atoms with Crippen molar-refractivity contribution < 1.29 is 23.8 Å². The monoisotopic (exact) mass is 386 g/mol. The van der Waals surface area contributed by atoms with Crippen LogP contribution in [0.15, 0.2) is 58.4 Å². The predicted molar refractivity (Wildman–Crippen MR) is 101 cm³/mol. The fraction of sp³-hybridized carbons (Fsp3) is 0.105. The van der Waals surface area contributed by atoms with Crippen molar-refractivity contribution in [2.75, 3.05) is 0 Å². The van der Waals surface area contributed by atoms with Gasteiger partial charge in [0.1, 0.15) is 11.6 Å². The average Bonchev–Trinajstić information content (AvgIpc) is 2.95. The maximum absolute atomic E-state index is 13.3. The molecule has 1 atom stereocenters. The molecule has 8 heteroatoms. The van der Waals surface area contributed by atoms with E-state index in [2.05, 4.69) is 10.3 Å². The lowest BCUT2D eigenvalue weighted by molar-refractivity contribution is -0.144. The zero-order valence-corrected chi connectivity index (χ0v) is 15.0. The number of nitrogens with zero attached hydrogens (tertiary/aromatic N) is 1. The molecule has 27 heavy (non-hydrogen) atoms. The van der Waals surface area contributed by atoms with Gasteiger partial charge >= 0.3 is 5.97 Å². The molecule has 6 nitrogen and oxygen atoms in total. The van der Waals surface area contributed by atoms with Crippen LogP contribution in [0.4, 0.5) is 10.1 Å². The Balaban J connectivity index is 1.84. The van der Waals surface area contributed by atoms with Gasteiger partial charge in [-0.3, -0.25) is 4.79 Å². The maximum Gasteiger partial charge on any atom is 0.344 e. The molecule has 1 aliphatic heterocycles. The topological polar surface area (TPSA) is 88.0 Å². The molecule has 2 N–H and O–H groups in total. The van der Waals surface area contributed by atoms with Crippen LogP contribution in [0.5, 0.6) is 5.75 Å². The van der Waals surface area contributed by atoms with E-state index in [0.29, 0.717) is 27.1 Å². The van der Waals surface area contributed by atoms with Gasteiger partial charge in [-0.2, -0.15) is 0 Å². The minimum Gasteiger partial charge on any atom is -0.479 e. The minimum absolute atomic E-state index is 0.328. The van der Waals surface area contributed by atoms with E-state index in [1.807, 2.05) is 0 Å². The maximum atomic E-state index is 13.3. The van der Waals surface area contributed by atoms with Crippen LogP contribution in [0, 0.1) is 5.82 Å². The normalized spacial score (nSPS) is 17.8. The van der Waals surface area contributed by atoms with E-state index in [1.165, 1.54) is 25.1 Å². The van der Waals surface area contributed by atoms with E-state index in [9.17, 15) is 14.0 Å². The Hall–Kier alpha value is -3.13. The summed E-state index contributed by atoms with van der Waals surface area (Å²) < 4.78 is 18.7. The summed E-state index contributed by atoms with van der Waals surface area (Å²) >= 11 is 1.10. The average molecular weight is 386 g/mol. The zero-order valence-electron chi connectivity index (χ0n) is 14.2. The molecule has 1 aliphatic rings. The van der Waals surface area contributed by atoms with E-state index >= 15 is 0 Å². The Morgan fingerprint density at radius 1 is 1.30 bits per heavy atom. The first kappa shape index (κ1) is 18.7. The van der Waals surface area contributed by atoms with Gasteiger partial charge in [0, 0.05) is 5.56 Å². The van der Waals surface area contributed by atoms with Gasteiger partial charge in [0.25, 0.3) is 5.91 Å². The number of amidine groups is 1. The number of rotatable bonds is 5. The summed E-state index contributed by atoms with van der Waals surface area (Å²) in [7, 11) is 0. The molecule has 0 aliphatic carbocycles. The van der Waals surface area contributed by atoms with Crippen molar-refractivity contribution in [1.82, 2.24) is 5.32 Å². The second-order valence-electron chi connectivity index (χ2n) is 5.60. The number of para-hydroxylation sites is 1. The molecule has 0 radical (unpaired) electrons. The van der Waals surface area contributed by atoms with E-state index in [0.717, 1.165) is 11.8 Å².